The molecule has 0 fully saturated rings. The molecule has 236 valence electrons. The Balaban J connectivity index is 0.00000316. The topological polar surface area (TPSA) is 56.7 Å². The van der Waals surface area contributed by atoms with Crippen molar-refractivity contribution in [1.29, 1.82) is 0 Å². The first-order chi connectivity index (χ1) is 24.3. The number of nitrogens with zero attached hydrogens (tertiary/aromatic N) is 5. The van der Waals surface area contributed by atoms with Crippen molar-refractivity contribution >= 4 is 65.7 Å². The van der Waals surface area contributed by atoms with Gasteiger partial charge in [-0.25, -0.2) is 9.97 Å². The number of para-hydroxylation sites is 1. The van der Waals surface area contributed by atoms with E-state index in [1.165, 1.54) is 16.3 Å². The molecule has 6 nitrogen and oxygen atoms in total. The third-order valence-electron chi connectivity index (χ3n) is 9.61. The molecule has 0 aliphatic rings. The molecule has 0 saturated carbocycles. The van der Waals surface area contributed by atoms with E-state index in [-0.39, 0.29) is 20.4 Å². The molecule has 50 heavy (non-hydrogen) atoms. The van der Waals surface area contributed by atoms with Crippen LogP contribution in [0.3, 0.4) is 0 Å². The fourth-order valence-electron chi connectivity index (χ4n) is 7.51. The number of fused-ring (bicyclic) bond motifs is 12. The number of benzene rings is 5. The average molecular weight is 732 g/mol. The minimum Gasteiger partial charge on any atom is -0.503 e. The van der Waals surface area contributed by atoms with Gasteiger partial charge in [-0.1, -0.05) is 107 Å². The quantitative estimate of drug-likeness (QED) is 0.103. The Morgan fingerprint density at radius 1 is 0.540 bits per heavy atom. The first-order valence-electron chi connectivity index (χ1n) is 16.2. The molecule has 7 heteroatoms. The van der Waals surface area contributed by atoms with Crippen LogP contribution >= 0.6 is 0 Å². The normalized spacial score (nSPS) is 11.8. The number of ether oxygens (including phenoxy) is 1. The Hall–Kier alpha value is -6.13. The van der Waals surface area contributed by atoms with Crippen molar-refractivity contribution in [2.24, 2.45) is 0 Å². The van der Waals surface area contributed by atoms with Crippen molar-refractivity contribution in [2.45, 2.75) is 0 Å². The monoisotopic (exact) mass is 731 g/mol. The molecule has 5 aromatic carbocycles. The van der Waals surface area contributed by atoms with Crippen LogP contribution in [-0.2, 0) is 20.4 Å². The summed E-state index contributed by atoms with van der Waals surface area (Å²) in [6.07, 6.45) is 5.76. The molecule has 0 unspecified atom stereocenters. The average Bonchev–Trinajstić information content (AvgIpc) is 3.86. The van der Waals surface area contributed by atoms with Gasteiger partial charge in [0.15, 0.2) is 0 Å². The maximum absolute atomic E-state index is 6.54. The Morgan fingerprint density at radius 3 is 2.10 bits per heavy atom. The zero-order valence-electron chi connectivity index (χ0n) is 26.2. The summed E-state index contributed by atoms with van der Waals surface area (Å²) in [5.74, 6) is 1.18. The summed E-state index contributed by atoms with van der Waals surface area (Å²) < 4.78 is 10.8. The molecule has 11 rings (SSSR count). The van der Waals surface area contributed by atoms with Crippen molar-refractivity contribution in [3.05, 3.63) is 152 Å². The number of hydrogen-bond acceptors (Lipinski definition) is 4. The first kappa shape index (κ1) is 28.8. The Bertz CT molecular complexity index is 3080. The second-order valence-corrected chi connectivity index (χ2v) is 12.3. The molecule has 6 heterocycles. The molecule has 0 radical (unpaired) electrons. The van der Waals surface area contributed by atoms with E-state index in [0.29, 0.717) is 11.5 Å². The zero-order valence-corrected chi connectivity index (χ0v) is 27.8. The minimum atomic E-state index is 0. The van der Waals surface area contributed by atoms with Crippen LogP contribution in [-0.4, -0.2) is 23.8 Å². The predicted octanol–water partition coefficient (Wildman–Crippen LogP) is 10.3. The van der Waals surface area contributed by atoms with E-state index < -0.39 is 0 Å². The largest absolute Gasteiger partial charge is 2.00 e. The number of imidazole rings is 1. The number of pyridine rings is 3. The molecule has 11 aromatic rings. The maximum Gasteiger partial charge on any atom is 2.00 e. The molecule has 0 aliphatic carbocycles. The van der Waals surface area contributed by atoms with Gasteiger partial charge in [0, 0.05) is 51.9 Å². The van der Waals surface area contributed by atoms with Crippen LogP contribution in [0, 0.1) is 12.1 Å². The van der Waals surface area contributed by atoms with E-state index in [9.17, 15) is 0 Å². The van der Waals surface area contributed by atoms with Crippen molar-refractivity contribution in [3.63, 3.8) is 0 Å². The van der Waals surface area contributed by atoms with Gasteiger partial charge in [-0.3, -0.25) is 4.98 Å². The first-order valence-corrected chi connectivity index (χ1v) is 16.2. The molecular formula is C43H23N5OPd. The van der Waals surface area contributed by atoms with Crippen LogP contribution in [0.5, 0.6) is 11.5 Å². The van der Waals surface area contributed by atoms with Crippen LogP contribution in [0.4, 0.5) is 0 Å². The molecule has 6 aromatic heterocycles. The minimum absolute atomic E-state index is 0. The fraction of sp³-hybridized carbons (Fsp3) is 0. The Labute approximate surface area is 299 Å². The van der Waals surface area contributed by atoms with Crippen LogP contribution in [0.25, 0.3) is 88.1 Å². The number of hydrogen-bond donors (Lipinski definition) is 0. The maximum atomic E-state index is 6.54. The van der Waals surface area contributed by atoms with Gasteiger partial charge < -0.3 is 13.5 Å². The van der Waals surface area contributed by atoms with Crippen LogP contribution < -0.4 is 4.74 Å². The third kappa shape index (κ3) is 4.08. The van der Waals surface area contributed by atoms with Gasteiger partial charge in [0.2, 0.25) is 0 Å². The van der Waals surface area contributed by atoms with Gasteiger partial charge >= 0.3 is 20.4 Å². The molecule has 0 N–H and O–H groups in total. The second kappa shape index (κ2) is 10.9. The van der Waals surface area contributed by atoms with Crippen molar-refractivity contribution < 1.29 is 25.2 Å². The molecule has 0 bridgehead atoms. The molecule has 0 spiro atoms. The number of rotatable bonds is 4. The summed E-state index contributed by atoms with van der Waals surface area (Å²) in [4.78, 5) is 14.7. The summed E-state index contributed by atoms with van der Waals surface area (Å²) in [7, 11) is 0. The van der Waals surface area contributed by atoms with Gasteiger partial charge in [0.1, 0.15) is 11.3 Å². The van der Waals surface area contributed by atoms with E-state index in [4.69, 9.17) is 19.7 Å². The van der Waals surface area contributed by atoms with E-state index in [1.807, 2.05) is 61.1 Å². The van der Waals surface area contributed by atoms with Crippen molar-refractivity contribution in [3.8, 4) is 33.9 Å². The zero-order chi connectivity index (χ0) is 32.1. The van der Waals surface area contributed by atoms with Gasteiger partial charge in [0.05, 0.1) is 11.3 Å². The van der Waals surface area contributed by atoms with Gasteiger partial charge in [-0.05, 0) is 34.0 Å². The van der Waals surface area contributed by atoms with Gasteiger partial charge in [-0.15, -0.1) is 29.7 Å². The second-order valence-electron chi connectivity index (χ2n) is 12.3. The van der Waals surface area contributed by atoms with Crippen molar-refractivity contribution in [1.82, 2.24) is 23.8 Å². The van der Waals surface area contributed by atoms with Crippen LogP contribution in [0.1, 0.15) is 0 Å². The van der Waals surface area contributed by atoms with Crippen LogP contribution in [0.2, 0.25) is 0 Å². The molecular weight excluding hydrogens is 709 g/mol. The standard InChI is InChI=1S/C43H23N5O.Pd/c1-3-9-26(10-4-1)30-20-22-45-43-39(30)35-14-7-13-33-32-19-17-29(24-38(32)48(43)40(33)35)49-28-16-18-31-34-15-8-21-44-41(34)47-25-37(27-11-5-2-6-12-27)46-42(47)36(31)23-28;/h1-22,25H;/q-2;+2. The summed E-state index contributed by atoms with van der Waals surface area (Å²) in [5.41, 5.74) is 8.85. The predicted molar refractivity (Wildman–Crippen MR) is 196 cm³/mol. The SMILES string of the molecule is [Pd+2].[c-]1c(Oc2[c-]c3c(cc2)c2cccc4c5c(-c6ccccc6)ccnc5n3c24)ccc2c1c1nc(-c3ccccc3)cn1c1ncccc21. The smallest absolute Gasteiger partial charge is 0.503 e. The summed E-state index contributed by atoms with van der Waals surface area (Å²) in [5, 5.41) is 7.50. The fourth-order valence-corrected chi connectivity index (χ4v) is 7.51. The molecule has 0 amide bonds. The van der Waals surface area contributed by atoms with E-state index >= 15 is 0 Å². The molecule has 0 aliphatic heterocycles. The van der Waals surface area contributed by atoms with Crippen molar-refractivity contribution in [2.75, 3.05) is 0 Å². The summed E-state index contributed by atoms with van der Waals surface area (Å²) in [6, 6.07) is 48.7. The number of aromatic nitrogens is 5. The van der Waals surface area contributed by atoms with Gasteiger partial charge in [-0.2, -0.15) is 6.07 Å². The molecule has 0 atom stereocenters. The van der Waals surface area contributed by atoms with Gasteiger partial charge in [0.25, 0.3) is 0 Å². The van der Waals surface area contributed by atoms with E-state index in [2.05, 4.69) is 99.8 Å². The van der Waals surface area contributed by atoms with E-state index in [0.717, 1.165) is 71.7 Å². The summed E-state index contributed by atoms with van der Waals surface area (Å²) in [6.45, 7) is 0. The van der Waals surface area contributed by atoms with E-state index in [1.54, 1.807) is 0 Å². The summed E-state index contributed by atoms with van der Waals surface area (Å²) >= 11 is 0. The van der Waals surface area contributed by atoms with Crippen LogP contribution in [0.15, 0.2) is 140 Å². The third-order valence-corrected chi connectivity index (χ3v) is 9.61. The molecule has 0 saturated heterocycles. The Morgan fingerprint density at radius 2 is 1.26 bits per heavy atom. The Kier molecular flexibility index (Phi) is 6.31.